The zero-order valence-electron chi connectivity index (χ0n) is 20.0. The van der Waals surface area contributed by atoms with E-state index in [1.165, 1.54) is 6.92 Å². The maximum atomic E-state index is 11.6. The van der Waals surface area contributed by atoms with Crippen molar-refractivity contribution < 1.29 is 23.7 Å². The molecule has 184 valence electrons. The molecule has 1 aliphatic rings. The highest BCUT2D eigenvalue weighted by Crippen LogP contribution is 2.29. The Hall–Kier alpha value is -3.03. The second-order valence-corrected chi connectivity index (χ2v) is 8.67. The second kappa shape index (κ2) is 13.2. The van der Waals surface area contributed by atoms with Crippen LogP contribution in [0.3, 0.4) is 0 Å². The van der Waals surface area contributed by atoms with E-state index in [0.717, 1.165) is 16.7 Å². The highest BCUT2D eigenvalue weighted by Gasteiger charge is 2.46. The summed E-state index contributed by atoms with van der Waals surface area (Å²) in [5, 5.41) is 2.87. The van der Waals surface area contributed by atoms with Crippen molar-refractivity contribution in [3.05, 3.63) is 108 Å². The lowest BCUT2D eigenvalue weighted by molar-refractivity contribution is -0.120. The fourth-order valence-electron chi connectivity index (χ4n) is 4.15. The van der Waals surface area contributed by atoms with Gasteiger partial charge in [-0.2, -0.15) is 0 Å². The van der Waals surface area contributed by atoms with Gasteiger partial charge in [0, 0.05) is 13.5 Å². The van der Waals surface area contributed by atoms with Gasteiger partial charge in [-0.15, -0.1) is 0 Å². The van der Waals surface area contributed by atoms with Crippen LogP contribution in [-0.2, 0) is 43.6 Å². The van der Waals surface area contributed by atoms with Crippen molar-refractivity contribution in [2.24, 2.45) is 0 Å². The lowest BCUT2D eigenvalue weighted by Gasteiger charge is -2.25. The van der Waals surface area contributed by atoms with Gasteiger partial charge in [0.2, 0.25) is 5.91 Å². The lowest BCUT2D eigenvalue weighted by Crippen LogP contribution is -2.42. The summed E-state index contributed by atoms with van der Waals surface area (Å²) in [7, 11) is 0. The van der Waals surface area contributed by atoms with Crippen LogP contribution in [-0.4, -0.2) is 43.5 Å². The first-order valence-electron chi connectivity index (χ1n) is 12.0. The van der Waals surface area contributed by atoms with E-state index in [9.17, 15) is 4.79 Å². The van der Waals surface area contributed by atoms with Crippen molar-refractivity contribution in [3.8, 4) is 0 Å². The first-order chi connectivity index (χ1) is 17.2. The molecule has 0 aliphatic carbocycles. The summed E-state index contributed by atoms with van der Waals surface area (Å²) in [6.07, 6.45) is -1.40. The Morgan fingerprint density at radius 2 is 1.17 bits per heavy atom. The number of carbonyl (C=O) groups excluding carboxylic acids is 1. The maximum absolute atomic E-state index is 11.6. The normalized spacial score (nSPS) is 21.6. The molecule has 4 atom stereocenters. The van der Waals surface area contributed by atoms with E-state index in [4.69, 9.17) is 18.9 Å². The molecule has 1 N–H and O–H groups in total. The Balaban J connectivity index is 1.47. The summed E-state index contributed by atoms with van der Waals surface area (Å²) in [5.41, 5.74) is 3.24. The van der Waals surface area contributed by atoms with Crippen molar-refractivity contribution in [1.29, 1.82) is 0 Å². The smallest absolute Gasteiger partial charge is 0.216 e. The van der Waals surface area contributed by atoms with Gasteiger partial charge in [0.1, 0.15) is 24.4 Å². The fraction of sp³-hybridized carbons (Fsp3) is 0.345. The Labute approximate surface area is 207 Å². The highest BCUT2D eigenvalue weighted by molar-refractivity contribution is 5.72. The van der Waals surface area contributed by atoms with Gasteiger partial charge in [-0.1, -0.05) is 91.0 Å². The van der Waals surface area contributed by atoms with Crippen LogP contribution in [0.25, 0.3) is 0 Å². The van der Waals surface area contributed by atoms with E-state index in [1.807, 2.05) is 91.0 Å². The van der Waals surface area contributed by atoms with Gasteiger partial charge in [0.25, 0.3) is 0 Å². The van der Waals surface area contributed by atoms with Crippen molar-refractivity contribution >= 4 is 5.91 Å². The van der Waals surface area contributed by atoms with Crippen LogP contribution in [0.4, 0.5) is 0 Å². The first-order valence-corrected chi connectivity index (χ1v) is 12.0. The molecule has 6 heteroatoms. The molecule has 0 saturated carbocycles. The molecule has 3 aromatic rings. The molecule has 1 heterocycles. The first kappa shape index (κ1) is 25.1. The molecule has 0 spiro atoms. The second-order valence-electron chi connectivity index (χ2n) is 8.67. The van der Waals surface area contributed by atoms with Crippen molar-refractivity contribution in [1.82, 2.24) is 5.32 Å². The summed E-state index contributed by atoms with van der Waals surface area (Å²) in [6, 6.07) is 30.1. The standard InChI is InChI=1S/C29H33NO5/c1-22(31)30-17-26-28(33-19-24-13-7-3-8-14-24)29(34-20-25-15-9-4-10-16-25)27(35-26)21-32-18-23-11-5-2-6-12-23/h2-16,26-29H,17-21H2,1H3,(H,30,31)/t26-,27+,28-,29+/m0/s1. The van der Waals surface area contributed by atoms with Crippen molar-refractivity contribution in [2.75, 3.05) is 13.2 Å². The number of rotatable bonds is 12. The van der Waals surface area contributed by atoms with Crippen LogP contribution in [0.5, 0.6) is 0 Å². The molecule has 1 saturated heterocycles. The average Bonchev–Trinajstić information content (AvgIpc) is 3.23. The van der Waals surface area contributed by atoms with Gasteiger partial charge in [-0.25, -0.2) is 0 Å². The van der Waals surface area contributed by atoms with E-state index < -0.39 is 0 Å². The predicted molar refractivity (Wildman–Crippen MR) is 133 cm³/mol. The van der Waals surface area contributed by atoms with Gasteiger partial charge in [-0.05, 0) is 16.7 Å². The van der Waals surface area contributed by atoms with Crippen LogP contribution in [0, 0.1) is 0 Å². The maximum Gasteiger partial charge on any atom is 0.216 e. The minimum atomic E-state index is -0.365. The third kappa shape index (κ3) is 7.73. The molecule has 35 heavy (non-hydrogen) atoms. The lowest BCUT2D eigenvalue weighted by atomic mass is 10.1. The van der Waals surface area contributed by atoms with Crippen LogP contribution in [0.1, 0.15) is 23.6 Å². The van der Waals surface area contributed by atoms with Gasteiger partial charge in [0.15, 0.2) is 0 Å². The zero-order valence-corrected chi connectivity index (χ0v) is 20.0. The van der Waals surface area contributed by atoms with Gasteiger partial charge in [0.05, 0.1) is 26.4 Å². The molecule has 1 fully saturated rings. The molecule has 0 bridgehead atoms. The summed E-state index contributed by atoms with van der Waals surface area (Å²) in [4.78, 5) is 11.6. The monoisotopic (exact) mass is 475 g/mol. The number of nitrogens with one attached hydrogen (secondary N) is 1. The molecule has 0 radical (unpaired) electrons. The number of hydrogen-bond donors (Lipinski definition) is 1. The molecular weight excluding hydrogens is 442 g/mol. The molecule has 4 rings (SSSR count). The van der Waals surface area contributed by atoms with Crippen molar-refractivity contribution in [2.45, 2.75) is 51.2 Å². The Kier molecular flexibility index (Phi) is 9.43. The van der Waals surface area contributed by atoms with Crippen molar-refractivity contribution in [3.63, 3.8) is 0 Å². The van der Waals surface area contributed by atoms with E-state index >= 15 is 0 Å². The quantitative estimate of drug-likeness (QED) is 0.424. The molecule has 0 unspecified atom stereocenters. The number of benzene rings is 3. The van der Waals surface area contributed by atoms with Gasteiger partial charge in [-0.3, -0.25) is 4.79 Å². The van der Waals surface area contributed by atoms with Gasteiger partial charge >= 0.3 is 0 Å². The number of ether oxygens (including phenoxy) is 4. The molecule has 1 aliphatic heterocycles. The van der Waals surface area contributed by atoms with E-state index in [-0.39, 0.29) is 30.3 Å². The predicted octanol–water partition coefficient (Wildman–Crippen LogP) is 4.28. The molecule has 6 nitrogen and oxygen atoms in total. The van der Waals surface area contributed by atoms with Crippen LogP contribution < -0.4 is 5.32 Å². The molecule has 3 aromatic carbocycles. The largest absolute Gasteiger partial charge is 0.374 e. The molecule has 1 amide bonds. The summed E-state index contributed by atoms with van der Waals surface area (Å²) in [6.45, 7) is 3.54. The fourth-order valence-corrected chi connectivity index (χ4v) is 4.15. The summed E-state index contributed by atoms with van der Waals surface area (Å²) in [5.74, 6) is -0.110. The SMILES string of the molecule is CC(=O)NC[C@@H]1O[C@H](COCc2ccccc2)[C@@H](OCc2ccccc2)[C@H]1OCc1ccccc1. The summed E-state index contributed by atoms with van der Waals surface area (Å²) >= 11 is 0. The van der Waals surface area contributed by atoms with E-state index in [2.05, 4.69) is 5.32 Å². The Bertz CT molecular complexity index is 1020. The van der Waals surface area contributed by atoms with Crippen LogP contribution >= 0.6 is 0 Å². The van der Waals surface area contributed by atoms with E-state index in [1.54, 1.807) is 0 Å². The van der Waals surface area contributed by atoms with E-state index in [0.29, 0.717) is 33.0 Å². The number of carbonyl (C=O) groups is 1. The summed E-state index contributed by atoms with van der Waals surface area (Å²) < 4.78 is 25.2. The van der Waals surface area contributed by atoms with Crippen LogP contribution in [0.2, 0.25) is 0 Å². The zero-order chi connectivity index (χ0) is 24.3. The number of hydrogen-bond acceptors (Lipinski definition) is 5. The Morgan fingerprint density at radius 1 is 0.714 bits per heavy atom. The Morgan fingerprint density at radius 3 is 1.66 bits per heavy atom. The minimum absolute atomic E-state index is 0.110. The number of amides is 1. The topological polar surface area (TPSA) is 66.0 Å². The third-order valence-electron chi connectivity index (χ3n) is 5.92. The average molecular weight is 476 g/mol. The highest BCUT2D eigenvalue weighted by atomic mass is 16.6. The third-order valence-corrected chi connectivity index (χ3v) is 5.92. The molecule has 0 aromatic heterocycles. The minimum Gasteiger partial charge on any atom is -0.374 e. The molecular formula is C29H33NO5. The van der Waals surface area contributed by atoms with Crippen LogP contribution in [0.15, 0.2) is 91.0 Å². The van der Waals surface area contributed by atoms with Gasteiger partial charge < -0.3 is 24.3 Å².